The number of rotatable bonds is 9. The number of hydrogen-bond donors (Lipinski definition) is 1. The van der Waals surface area contributed by atoms with Crippen molar-refractivity contribution < 1.29 is 19.1 Å². The molecule has 0 radical (unpaired) electrons. The smallest absolute Gasteiger partial charge is 0.408 e. The van der Waals surface area contributed by atoms with Gasteiger partial charge in [-0.15, -0.1) is 0 Å². The Bertz CT molecular complexity index is 632. The van der Waals surface area contributed by atoms with E-state index in [0.29, 0.717) is 13.0 Å². The van der Waals surface area contributed by atoms with Gasteiger partial charge in [0.2, 0.25) is 0 Å². The molecule has 7 nitrogen and oxygen atoms in total. The van der Waals surface area contributed by atoms with Crippen LogP contribution in [0.3, 0.4) is 0 Å². The summed E-state index contributed by atoms with van der Waals surface area (Å²) < 4.78 is 10.6. The van der Waals surface area contributed by atoms with Crippen molar-refractivity contribution in [3.8, 4) is 0 Å². The number of anilines is 1. The minimum atomic E-state index is -0.431. The molecular weight excluding hydrogens is 358 g/mol. The lowest BCUT2D eigenvalue weighted by atomic mass is 10.1. The SMILES string of the molecule is CCCCCC(=O)OC[C@H]1OC(=O)N[C@@H]1CN1CCN(c2ccccc2)CC1. The van der Waals surface area contributed by atoms with Crippen molar-refractivity contribution >= 4 is 17.7 Å². The Morgan fingerprint density at radius 3 is 2.64 bits per heavy atom. The Kier molecular flexibility index (Phi) is 7.54. The number of para-hydroxylation sites is 1. The number of cyclic esters (lactones) is 1. The highest BCUT2D eigenvalue weighted by atomic mass is 16.6. The van der Waals surface area contributed by atoms with Gasteiger partial charge in [-0.2, -0.15) is 0 Å². The second-order valence-corrected chi connectivity index (χ2v) is 7.46. The second kappa shape index (κ2) is 10.3. The van der Waals surface area contributed by atoms with Crippen molar-refractivity contribution in [2.45, 2.75) is 44.8 Å². The van der Waals surface area contributed by atoms with E-state index in [4.69, 9.17) is 9.47 Å². The molecule has 28 heavy (non-hydrogen) atoms. The van der Waals surface area contributed by atoms with Gasteiger partial charge >= 0.3 is 12.1 Å². The number of benzene rings is 1. The molecule has 2 aliphatic rings. The molecule has 2 fully saturated rings. The zero-order valence-corrected chi connectivity index (χ0v) is 16.6. The summed E-state index contributed by atoms with van der Waals surface area (Å²) in [6.45, 7) is 6.66. The van der Waals surface area contributed by atoms with Gasteiger partial charge < -0.3 is 19.7 Å². The molecule has 2 saturated heterocycles. The number of unbranched alkanes of at least 4 members (excludes halogenated alkanes) is 2. The number of hydrogen-bond acceptors (Lipinski definition) is 6. The Morgan fingerprint density at radius 2 is 1.93 bits per heavy atom. The lowest BCUT2D eigenvalue weighted by Gasteiger charge is -2.37. The third-order valence-corrected chi connectivity index (χ3v) is 5.35. The molecule has 0 aliphatic carbocycles. The van der Waals surface area contributed by atoms with Crippen LogP contribution in [0.4, 0.5) is 10.5 Å². The summed E-state index contributed by atoms with van der Waals surface area (Å²) in [4.78, 5) is 28.2. The van der Waals surface area contributed by atoms with Crippen molar-refractivity contribution in [1.29, 1.82) is 0 Å². The van der Waals surface area contributed by atoms with Gasteiger partial charge in [0.25, 0.3) is 0 Å². The predicted molar refractivity (Wildman–Crippen MR) is 107 cm³/mol. The van der Waals surface area contributed by atoms with Gasteiger partial charge in [-0.3, -0.25) is 9.69 Å². The minimum Gasteiger partial charge on any atom is -0.462 e. The summed E-state index contributed by atoms with van der Waals surface area (Å²) in [7, 11) is 0. The van der Waals surface area contributed by atoms with E-state index in [1.165, 1.54) is 5.69 Å². The van der Waals surface area contributed by atoms with E-state index < -0.39 is 12.2 Å². The van der Waals surface area contributed by atoms with Crippen LogP contribution in [0, 0.1) is 0 Å². The zero-order valence-electron chi connectivity index (χ0n) is 16.6. The third kappa shape index (κ3) is 5.86. The molecule has 2 heterocycles. The molecule has 0 unspecified atom stereocenters. The highest BCUT2D eigenvalue weighted by Gasteiger charge is 2.36. The normalized spacial score (nSPS) is 22.6. The predicted octanol–water partition coefficient (Wildman–Crippen LogP) is 2.41. The van der Waals surface area contributed by atoms with Gasteiger partial charge in [-0.05, 0) is 18.6 Å². The van der Waals surface area contributed by atoms with Crippen molar-refractivity contribution in [2.24, 2.45) is 0 Å². The van der Waals surface area contributed by atoms with Crippen LogP contribution < -0.4 is 10.2 Å². The minimum absolute atomic E-state index is 0.123. The van der Waals surface area contributed by atoms with E-state index in [1.54, 1.807) is 0 Å². The molecule has 0 spiro atoms. The molecule has 7 heteroatoms. The first-order chi connectivity index (χ1) is 13.7. The maximum absolute atomic E-state index is 11.8. The van der Waals surface area contributed by atoms with Crippen LogP contribution in [0.1, 0.15) is 32.6 Å². The van der Waals surface area contributed by atoms with Gasteiger partial charge in [-0.25, -0.2) is 4.79 Å². The topological polar surface area (TPSA) is 71.1 Å². The molecular formula is C21H31N3O4. The highest BCUT2D eigenvalue weighted by Crippen LogP contribution is 2.17. The molecule has 2 atom stereocenters. The zero-order chi connectivity index (χ0) is 19.8. The number of carbonyl (C=O) groups is 2. The molecule has 0 bridgehead atoms. The number of amides is 1. The van der Waals surface area contributed by atoms with Crippen molar-refractivity contribution in [3.05, 3.63) is 30.3 Å². The maximum atomic E-state index is 11.8. The van der Waals surface area contributed by atoms with Crippen molar-refractivity contribution in [3.63, 3.8) is 0 Å². The molecule has 3 rings (SSSR count). The van der Waals surface area contributed by atoms with Crippen LogP contribution in [0.2, 0.25) is 0 Å². The Morgan fingerprint density at radius 1 is 1.18 bits per heavy atom. The van der Waals surface area contributed by atoms with E-state index in [9.17, 15) is 9.59 Å². The molecule has 1 aromatic carbocycles. The summed E-state index contributed by atoms with van der Waals surface area (Å²) in [5.41, 5.74) is 1.24. The number of esters is 1. The number of carbonyl (C=O) groups excluding carboxylic acids is 2. The first-order valence-corrected chi connectivity index (χ1v) is 10.3. The Labute approximate surface area is 167 Å². The van der Waals surface area contributed by atoms with Crippen LogP contribution in [-0.4, -0.2) is 68.4 Å². The van der Waals surface area contributed by atoms with E-state index in [0.717, 1.165) is 45.4 Å². The van der Waals surface area contributed by atoms with Crippen molar-refractivity contribution in [1.82, 2.24) is 10.2 Å². The van der Waals surface area contributed by atoms with Crippen molar-refractivity contribution in [2.75, 3.05) is 44.2 Å². The monoisotopic (exact) mass is 389 g/mol. The van der Waals surface area contributed by atoms with Gasteiger partial charge in [0, 0.05) is 44.8 Å². The maximum Gasteiger partial charge on any atom is 0.408 e. The lowest BCUT2D eigenvalue weighted by molar-refractivity contribution is -0.146. The Balaban J connectivity index is 1.42. The third-order valence-electron chi connectivity index (χ3n) is 5.35. The summed E-state index contributed by atoms with van der Waals surface area (Å²) in [5, 5.41) is 2.86. The molecule has 2 aliphatic heterocycles. The molecule has 154 valence electrons. The van der Waals surface area contributed by atoms with E-state index in [1.807, 2.05) is 6.07 Å². The standard InChI is InChI=1S/C21H31N3O4/c1-2-3-5-10-20(25)27-16-19-18(22-21(26)28-19)15-23-11-13-24(14-12-23)17-8-6-4-7-9-17/h4,6-9,18-19H,2-3,5,10-16H2,1H3,(H,22,26)/t18-,19-/m1/s1. The Hall–Kier alpha value is -2.28. The lowest BCUT2D eigenvalue weighted by Crippen LogP contribution is -2.52. The van der Waals surface area contributed by atoms with E-state index in [2.05, 4.69) is 46.3 Å². The fraction of sp³-hybridized carbons (Fsp3) is 0.619. The second-order valence-electron chi connectivity index (χ2n) is 7.46. The number of ether oxygens (including phenoxy) is 2. The number of alkyl carbamates (subject to hydrolysis) is 1. The van der Waals surface area contributed by atoms with Gasteiger partial charge in [-0.1, -0.05) is 38.0 Å². The molecule has 0 saturated carbocycles. The average molecular weight is 389 g/mol. The number of nitrogens with zero attached hydrogens (tertiary/aromatic N) is 2. The van der Waals surface area contributed by atoms with Crippen LogP contribution in [0.25, 0.3) is 0 Å². The van der Waals surface area contributed by atoms with Crippen LogP contribution in [0.5, 0.6) is 0 Å². The van der Waals surface area contributed by atoms with Crippen LogP contribution >= 0.6 is 0 Å². The summed E-state index contributed by atoms with van der Waals surface area (Å²) in [6, 6.07) is 10.2. The van der Waals surface area contributed by atoms with Crippen LogP contribution in [-0.2, 0) is 14.3 Å². The molecule has 1 aromatic rings. The average Bonchev–Trinajstić information content (AvgIpc) is 3.07. The summed E-state index contributed by atoms with van der Waals surface area (Å²) >= 11 is 0. The van der Waals surface area contributed by atoms with Crippen LogP contribution in [0.15, 0.2) is 30.3 Å². The fourth-order valence-electron chi connectivity index (χ4n) is 3.68. The number of nitrogens with one attached hydrogen (secondary N) is 1. The summed E-state index contributed by atoms with van der Waals surface area (Å²) in [6.07, 6.45) is 2.50. The molecule has 1 N–H and O–H groups in total. The first kappa shape index (κ1) is 20.5. The van der Waals surface area contributed by atoms with E-state index in [-0.39, 0.29) is 18.6 Å². The molecule has 0 aromatic heterocycles. The quantitative estimate of drug-likeness (QED) is 0.517. The number of piperazine rings is 1. The summed E-state index contributed by atoms with van der Waals surface area (Å²) in [5.74, 6) is -0.216. The molecule has 1 amide bonds. The highest BCUT2D eigenvalue weighted by molar-refractivity contribution is 5.71. The van der Waals surface area contributed by atoms with E-state index >= 15 is 0 Å². The fourth-order valence-corrected chi connectivity index (χ4v) is 3.68. The largest absolute Gasteiger partial charge is 0.462 e. The van der Waals surface area contributed by atoms with Gasteiger partial charge in [0.15, 0.2) is 6.10 Å². The first-order valence-electron chi connectivity index (χ1n) is 10.3. The van der Waals surface area contributed by atoms with Gasteiger partial charge in [0.05, 0.1) is 6.04 Å². The van der Waals surface area contributed by atoms with Gasteiger partial charge in [0.1, 0.15) is 6.61 Å².